The second-order valence-electron chi connectivity index (χ2n) is 3.60. The van der Waals surface area contributed by atoms with Gasteiger partial charge < -0.3 is 5.32 Å². The number of anilines is 1. The lowest BCUT2D eigenvalue weighted by Gasteiger charge is -2.15. The second kappa shape index (κ2) is 4.89. The summed E-state index contributed by atoms with van der Waals surface area (Å²) in [6, 6.07) is 5.33. The van der Waals surface area contributed by atoms with Crippen molar-refractivity contribution >= 4 is 17.3 Å². The van der Waals surface area contributed by atoms with Gasteiger partial charge in [0, 0.05) is 6.20 Å². The van der Waals surface area contributed by atoms with E-state index >= 15 is 0 Å². The van der Waals surface area contributed by atoms with Crippen LogP contribution in [-0.4, -0.2) is 10.2 Å². The molecule has 2 aromatic rings. The highest BCUT2D eigenvalue weighted by atomic mass is 35.5. The molecule has 0 radical (unpaired) electrons. The fourth-order valence-electron chi connectivity index (χ4n) is 1.51. The van der Waals surface area contributed by atoms with Crippen LogP contribution in [0.4, 0.5) is 18.9 Å². The molecule has 3 nitrogen and oxygen atoms in total. The van der Waals surface area contributed by atoms with E-state index in [0.717, 1.165) is 6.07 Å². The van der Waals surface area contributed by atoms with E-state index in [0.29, 0.717) is 5.69 Å². The summed E-state index contributed by atoms with van der Waals surface area (Å²) >= 11 is 5.79. The van der Waals surface area contributed by atoms with Crippen molar-refractivity contribution in [2.45, 2.75) is 12.7 Å². The van der Waals surface area contributed by atoms with E-state index < -0.39 is 11.7 Å². The number of halogens is 4. The minimum atomic E-state index is -4.44. The number of nitrogens with zero attached hydrogens (tertiary/aromatic N) is 1. The minimum absolute atomic E-state index is 0.0318. The molecule has 0 saturated heterocycles. The molecule has 0 atom stereocenters. The van der Waals surface area contributed by atoms with Crippen molar-refractivity contribution in [1.82, 2.24) is 10.2 Å². The second-order valence-corrected chi connectivity index (χ2v) is 4.00. The molecule has 1 aromatic heterocycles. The number of hydrogen-bond acceptors (Lipinski definition) is 2. The topological polar surface area (TPSA) is 40.7 Å². The highest BCUT2D eigenvalue weighted by molar-refractivity contribution is 6.33. The third-order valence-corrected chi connectivity index (χ3v) is 2.65. The van der Waals surface area contributed by atoms with Crippen LogP contribution in [-0.2, 0) is 12.7 Å². The summed E-state index contributed by atoms with van der Waals surface area (Å²) in [5.74, 6) is 0. The van der Waals surface area contributed by atoms with Crippen molar-refractivity contribution in [2.24, 2.45) is 0 Å². The van der Waals surface area contributed by atoms with Gasteiger partial charge in [-0.3, -0.25) is 5.10 Å². The standard InChI is InChI=1S/C11H9ClF3N3/c12-9-3-1-2-8(11(13,14)15)10(9)16-6-7-4-5-17-18-7/h1-5,16H,6H2,(H,17,18). The van der Waals surface area contributed by atoms with Gasteiger partial charge in [-0.2, -0.15) is 18.3 Å². The molecule has 0 saturated carbocycles. The molecule has 0 unspecified atom stereocenters. The summed E-state index contributed by atoms with van der Waals surface area (Å²) in [4.78, 5) is 0. The third-order valence-electron chi connectivity index (χ3n) is 2.33. The van der Waals surface area contributed by atoms with E-state index in [4.69, 9.17) is 11.6 Å². The molecule has 1 heterocycles. The van der Waals surface area contributed by atoms with Crippen LogP contribution in [0.15, 0.2) is 30.5 Å². The minimum Gasteiger partial charge on any atom is -0.378 e. The van der Waals surface area contributed by atoms with Crippen molar-refractivity contribution in [3.63, 3.8) is 0 Å². The van der Waals surface area contributed by atoms with Crippen molar-refractivity contribution in [1.29, 1.82) is 0 Å². The maximum atomic E-state index is 12.8. The average molecular weight is 276 g/mol. The summed E-state index contributed by atoms with van der Waals surface area (Å²) in [5.41, 5.74) is -0.237. The van der Waals surface area contributed by atoms with Crippen LogP contribution in [0.2, 0.25) is 5.02 Å². The van der Waals surface area contributed by atoms with E-state index in [1.54, 1.807) is 6.07 Å². The van der Waals surface area contributed by atoms with Gasteiger partial charge in [-0.25, -0.2) is 0 Å². The van der Waals surface area contributed by atoms with E-state index in [2.05, 4.69) is 15.5 Å². The molecule has 0 aliphatic carbocycles. The van der Waals surface area contributed by atoms with Gasteiger partial charge in [0.2, 0.25) is 0 Å². The Bertz CT molecular complexity index is 523. The first kappa shape index (κ1) is 12.8. The smallest absolute Gasteiger partial charge is 0.378 e. The summed E-state index contributed by atoms with van der Waals surface area (Å²) in [7, 11) is 0. The Kier molecular flexibility index (Phi) is 3.47. The molecule has 96 valence electrons. The van der Waals surface area contributed by atoms with Crippen molar-refractivity contribution < 1.29 is 13.2 Å². The van der Waals surface area contributed by atoms with E-state index in [1.807, 2.05) is 0 Å². The average Bonchev–Trinajstić information content (AvgIpc) is 2.78. The largest absolute Gasteiger partial charge is 0.418 e. The monoisotopic (exact) mass is 275 g/mol. The van der Waals surface area contributed by atoms with E-state index in [1.165, 1.54) is 18.3 Å². The molecule has 0 aliphatic heterocycles. The molecule has 1 aromatic carbocycles. The molecule has 0 amide bonds. The van der Waals surface area contributed by atoms with E-state index in [9.17, 15) is 13.2 Å². The number of alkyl halides is 3. The zero-order valence-corrected chi connectivity index (χ0v) is 9.81. The highest BCUT2D eigenvalue weighted by Gasteiger charge is 2.34. The molecular formula is C11H9ClF3N3. The van der Waals surface area contributed by atoms with Gasteiger partial charge in [-0.15, -0.1) is 0 Å². The third kappa shape index (κ3) is 2.76. The number of H-pyrrole nitrogens is 1. The molecule has 0 bridgehead atoms. The summed E-state index contributed by atoms with van der Waals surface area (Å²) in [5, 5.41) is 9.06. The predicted molar refractivity (Wildman–Crippen MR) is 62.4 cm³/mol. The zero-order chi connectivity index (χ0) is 13.2. The fourth-order valence-corrected chi connectivity index (χ4v) is 1.75. The number of hydrogen-bond donors (Lipinski definition) is 2. The Morgan fingerprint density at radius 3 is 2.67 bits per heavy atom. The van der Waals surface area contributed by atoms with Crippen LogP contribution in [0.3, 0.4) is 0 Å². The summed E-state index contributed by atoms with van der Waals surface area (Å²) in [6.45, 7) is 0.187. The summed E-state index contributed by atoms with van der Waals surface area (Å²) in [6.07, 6.45) is -2.92. The molecule has 0 aliphatic rings. The maximum absolute atomic E-state index is 12.8. The first-order valence-electron chi connectivity index (χ1n) is 5.06. The Morgan fingerprint density at radius 1 is 1.28 bits per heavy atom. The quantitative estimate of drug-likeness (QED) is 0.897. The molecule has 0 fully saturated rings. The number of para-hydroxylation sites is 1. The highest BCUT2D eigenvalue weighted by Crippen LogP contribution is 2.38. The summed E-state index contributed by atoms with van der Waals surface area (Å²) < 4.78 is 38.3. The van der Waals surface area contributed by atoms with Crippen LogP contribution in [0.1, 0.15) is 11.3 Å². The van der Waals surface area contributed by atoms with Gasteiger partial charge in [-0.05, 0) is 18.2 Å². The lowest BCUT2D eigenvalue weighted by atomic mass is 10.1. The first-order valence-corrected chi connectivity index (χ1v) is 5.44. The Balaban J connectivity index is 2.26. The molecular weight excluding hydrogens is 267 g/mol. The number of nitrogens with one attached hydrogen (secondary N) is 2. The molecule has 2 rings (SSSR count). The normalized spacial score (nSPS) is 11.6. The van der Waals surface area contributed by atoms with Gasteiger partial charge in [0.25, 0.3) is 0 Å². The van der Waals surface area contributed by atoms with Crippen molar-refractivity contribution in [3.05, 3.63) is 46.7 Å². The predicted octanol–water partition coefficient (Wildman–Crippen LogP) is 3.69. The van der Waals surface area contributed by atoms with Crippen molar-refractivity contribution in [3.8, 4) is 0 Å². The van der Waals surface area contributed by atoms with Crippen LogP contribution >= 0.6 is 11.6 Å². The lowest BCUT2D eigenvalue weighted by Crippen LogP contribution is -2.11. The Morgan fingerprint density at radius 2 is 2.06 bits per heavy atom. The SMILES string of the molecule is FC(F)(F)c1cccc(Cl)c1NCc1ccn[nH]1. The van der Waals surface area contributed by atoms with Crippen LogP contribution in [0, 0.1) is 0 Å². The Labute approximate surface area is 106 Å². The first-order chi connectivity index (χ1) is 8.48. The van der Waals surface area contributed by atoms with Crippen LogP contribution < -0.4 is 5.32 Å². The van der Waals surface area contributed by atoms with Gasteiger partial charge in [0.05, 0.1) is 28.5 Å². The lowest BCUT2D eigenvalue weighted by molar-refractivity contribution is -0.136. The molecule has 7 heteroatoms. The number of benzene rings is 1. The van der Waals surface area contributed by atoms with E-state index in [-0.39, 0.29) is 17.3 Å². The molecule has 18 heavy (non-hydrogen) atoms. The van der Waals surface area contributed by atoms with Gasteiger partial charge in [-0.1, -0.05) is 17.7 Å². The van der Waals surface area contributed by atoms with Gasteiger partial charge in [0.1, 0.15) is 0 Å². The number of aromatic amines is 1. The number of rotatable bonds is 3. The molecule has 2 N–H and O–H groups in total. The van der Waals surface area contributed by atoms with Crippen LogP contribution in [0.25, 0.3) is 0 Å². The van der Waals surface area contributed by atoms with Crippen LogP contribution in [0.5, 0.6) is 0 Å². The fraction of sp³-hybridized carbons (Fsp3) is 0.182. The maximum Gasteiger partial charge on any atom is 0.418 e. The zero-order valence-electron chi connectivity index (χ0n) is 9.05. The van der Waals surface area contributed by atoms with Gasteiger partial charge in [0.15, 0.2) is 0 Å². The number of aromatic nitrogens is 2. The Hall–Kier alpha value is -1.69. The van der Waals surface area contributed by atoms with Gasteiger partial charge >= 0.3 is 6.18 Å². The van der Waals surface area contributed by atoms with Crippen molar-refractivity contribution in [2.75, 3.05) is 5.32 Å². The molecule has 0 spiro atoms.